The topological polar surface area (TPSA) is 82.5 Å². The Labute approximate surface area is 233 Å². The maximum absolute atomic E-state index is 13.8. The number of hydrogen-bond donors (Lipinski definition) is 0. The van der Waals surface area contributed by atoms with E-state index in [9.17, 15) is 14.4 Å². The highest BCUT2D eigenvalue weighted by Gasteiger charge is 2.42. The lowest BCUT2D eigenvalue weighted by Crippen LogP contribution is -2.44. The summed E-state index contributed by atoms with van der Waals surface area (Å²) in [5.74, 6) is -0.694. The fourth-order valence-electron chi connectivity index (χ4n) is 5.24. The monoisotopic (exact) mass is 558 g/mol. The Morgan fingerprint density at radius 2 is 1.92 bits per heavy atom. The van der Waals surface area contributed by atoms with Gasteiger partial charge in [-0.15, -0.1) is 0 Å². The summed E-state index contributed by atoms with van der Waals surface area (Å²) in [7, 11) is 0. The fraction of sp³-hybridized carbons (Fsp3) is 0.500. The van der Waals surface area contributed by atoms with Gasteiger partial charge in [0.25, 0.3) is 5.91 Å². The van der Waals surface area contributed by atoms with Crippen LogP contribution in [0.3, 0.4) is 0 Å². The van der Waals surface area contributed by atoms with E-state index in [1.807, 2.05) is 55.3 Å². The van der Waals surface area contributed by atoms with E-state index >= 15 is 0 Å². The SMILES string of the molecule is CCOC(=O)C1CCCN(C(=O)CC2=CSC3=NC(C)=C(C(=O)N(CC)CC)C(c4ccccc4Cl)N23)C1. The quantitative estimate of drug-likeness (QED) is 0.419. The number of allylic oxidation sites excluding steroid dienone is 1. The average molecular weight is 559 g/mol. The van der Waals surface area contributed by atoms with E-state index in [0.717, 1.165) is 29.3 Å². The highest BCUT2D eigenvalue weighted by Crippen LogP contribution is 2.46. The molecule has 0 spiro atoms. The number of benzene rings is 1. The molecule has 0 aromatic heterocycles. The number of carbonyl (C=O) groups is 3. The first kappa shape index (κ1) is 28.2. The summed E-state index contributed by atoms with van der Waals surface area (Å²) in [4.78, 5) is 49.9. The summed E-state index contributed by atoms with van der Waals surface area (Å²) in [5, 5.41) is 3.20. The van der Waals surface area contributed by atoms with Gasteiger partial charge in [-0.05, 0) is 57.6 Å². The molecule has 38 heavy (non-hydrogen) atoms. The van der Waals surface area contributed by atoms with Gasteiger partial charge in [-0.3, -0.25) is 14.4 Å². The van der Waals surface area contributed by atoms with Gasteiger partial charge in [0, 0.05) is 36.9 Å². The third-order valence-corrected chi connectivity index (χ3v) is 8.44. The van der Waals surface area contributed by atoms with Crippen LogP contribution in [-0.4, -0.2) is 70.4 Å². The highest BCUT2D eigenvalue weighted by atomic mass is 35.5. The lowest BCUT2D eigenvalue weighted by molar-refractivity contribution is -0.151. The average Bonchev–Trinajstić information content (AvgIpc) is 3.30. The number of nitrogens with zero attached hydrogens (tertiary/aromatic N) is 4. The molecule has 3 aliphatic heterocycles. The molecule has 1 fully saturated rings. The first-order chi connectivity index (χ1) is 18.3. The molecule has 10 heteroatoms. The third-order valence-electron chi connectivity index (χ3n) is 7.21. The summed E-state index contributed by atoms with van der Waals surface area (Å²) in [6, 6.07) is 7.00. The first-order valence-corrected chi connectivity index (χ1v) is 14.5. The number of ether oxygens (including phenoxy) is 1. The summed E-state index contributed by atoms with van der Waals surface area (Å²) in [5.41, 5.74) is 2.77. The number of rotatable bonds is 8. The molecule has 2 amide bonds. The first-order valence-electron chi connectivity index (χ1n) is 13.2. The van der Waals surface area contributed by atoms with Gasteiger partial charge in [0.15, 0.2) is 5.17 Å². The Morgan fingerprint density at radius 1 is 1.18 bits per heavy atom. The Balaban J connectivity index is 1.64. The number of piperidine rings is 1. The second kappa shape index (κ2) is 12.4. The Hall–Kier alpha value is -2.78. The Bertz CT molecular complexity index is 1190. The molecule has 3 aliphatic rings. The van der Waals surface area contributed by atoms with Crippen LogP contribution in [0.5, 0.6) is 0 Å². The van der Waals surface area contributed by atoms with Crippen LogP contribution >= 0.6 is 23.4 Å². The maximum Gasteiger partial charge on any atom is 0.310 e. The van der Waals surface area contributed by atoms with Crippen molar-refractivity contribution in [2.75, 3.05) is 32.8 Å². The van der Waals surface area contributed by atoms with Gasteiger partial charge in [0.1, 0.15) is 0 Å². The van der Waals surface area contributed by atoms with E-state index < -0.39 is 6.04 Å². The minimum atomic E-state index is -0.507. The van der Waals surface area contributed by atoms with E-state index in [-0.39, 0.29) is 30.1 Å². The van der Waals surface area contributed by atoms with Crippen molar-refractivity contribution in [2.24, 2.45) is 10.9 Å². The molecule has 204 valence electrons. The molecule has 4 rings (SSSR count). The number of aliphatic imine (C=N–C) groups is 1. The largest absolute Gasteiger partial charge is 0.466 e. The summed E-state index contributed by atoms with van der Waals surface area (Å²) in [6.45, 7) is 10.00. The number of carbonyl (C=O) groups excluding carboxylic acids is 3. The van der Waals surface area contributed by atoms with Crippen molar-refractivity contribution < 1.29 is 19.1 Å². The second-order valence-corrected chi connectivity index (χ2v) is 10.7. The smallest absolute Gasteiger partial charge is 0.310 e. The van der Waals surface area contributed by atoms with Crippen molar-refractivity contribution in [3.63, 3.8) is 0 Å². The molecule has 0 radical (unpaired) electrons. The van der Waals surface area contributed by atoms with Gasteiger partial charge in [-0.25, -0.2) is 4.99 Å². The predicted octanol–water partition coefficient (Wildman–Crippen LogP) is 4.98. The molecule has 1 saturated heterocycles. The molecule has 0 saturated carbocycles. The molecule has 3 heterocycles. The molecule has 0 bridgehead atoms. The number of hydrogen-bond acceptors (Lipinski definition) is 7. The third kappa shape index (κ3) is 5.64. The van der Waals surface area contributed by atoms with Crippen LogP contribution < -0.4 is 0 Å². The van der Waals surface area contributed by atoms with Crippen molar-refractivity contribution in [3.05, 3.63) is 57.2 Å². The van der Waals surface area contributed by atoms with Crippen molar-refractivity contribution in [3.8, 4) is 0 Å². The van der Waals surface area contributed by atoms with Crippen LogP contribution in [0.25, 0.3) is 0 Å². The van der Waals surface area contributed by atoms with Crippen LogP contribution in [-0.2, 0) is 19.1 Å². The second-order valence-electron chi connectivity index (χ2n) is 9.50. The molecule has 0 N–H and O–H groups in total. The number of amidine groups is 1. The standard InChI is InChI=1S/C28H35ClN4O4S/c1-5-31(6-2)26(35)24-18(4)30-28-33(25(24)21-12-8-9-13-22(21)29)20(17-38-28)15-23(34)32-14-10-11-19(16-32)27(36)37-7-3/h8-9,12-13,17,19,25H,5-7,10-11,14-16H2,1-4H3. The normalized spacial score (nSPS) is 21.1. The molecule has 2 unspecified atom stereocenters. The number of amides is 2. The molecular formula is C28H35ClN4O4S. The maximum atomic E-state index is 13.8. The number of fused-ring (bicyclic) bond motifs is 1. The number of thioether (sulfide) groups is 1. The molecule has 2 atom stereocenters. The van der Waals surface area contributed by atoms with Crippen molar-refractivity contribution in [1.82, 2.24) is 14.7 Å². The van der Waals surface area contributed by atoms with Gasteiger partial charge in [0.05, 0.1) is 36.3 Å². The molecule has 1 aromatic carbocycles. The molecule has 1 aromatic rings. The van der Waals surface area contributed by atoms with Crippen LogP contribution in [0.4, 0.5) is 0 Å². The number of likely N-dealkylation sites (tertiary alicyclic amines) is 1. The van der Waals surface area contributed by atoms with Crippen molar-refractivity contribution in [1.29, 1.82) is 0 Å². The zero-order valence-corrected chi connectivity index (χ0v) is 24.0. The van der Waals surface area contributed by atoms with Crippen molar-refractivity contribution >= 4 is 46.3 Å². The van der Waals surface area contributed by atoms with Crippen LogP contribution in [0.15, 0.2) is 51.6 Å². The zero-order valence-electron chi connectivity index (χ0n) is 22.4. The molecule has 8 nitrogen and oxygen atoms in total. The lowest BCUT2D eigenvalue weighted by Gasteiger charge is -2.39. The van der Waals surface area contributed by atoms with Crippen molar-refractivity contribution in [2.45, 2.75) is 53.0 Å². The van der Waals surface area contributed by atoms with Crippen LogP contribution in [0, 0.1) is 5.92 Å². The van der Waals surface area contributed by atoms with Crippen LogP contribution in [0.2, 0.25) is 5.02 Å². The fourth-order valence-corrected chi connectivity index (χ4v) is 6.44. The van der Waals surface area contributed by atoms with E-state index in [1.165, 1.54) is 11.8 Å². The van der Waals surface area contributed by atoms with E-state index in [1.54, 1.807) is 16.7 Å². The lowest BCUT2D eigenvalue weighted by atomic mass is 9.92. The van der Waals surface area contributed by atoms with Crippen LogP contribution in [0.1, 0.15) is 58.6 Å². The van der Waals surface area contributed by atoms with E-state index in [4.69, 9.17) is 21.3 Å². The highest BCUT2D eigenvalue weighted by molar-refractivity contribution is 8.16. The zero-order chi connectivity index (χ0) is 27.4. The number of likely N-dealkylation sites (N-methyl/N-ethyl adjacent to an activating group) is 1. The molecular weight excluding hydrogens is 524 g/mol. The molecule has 0 aliphatic carbocycles. The minimum absolute atomic E-state index is 0.0621. The van der Waals surface area contributed by atoms with E-state index in [0.29, 0.717) is 49.1 Å². The van der Waals surface area contributed by atoms with Gasteiger partial charge in [-0.1, -0.05) is 41.6 Å². The summed E-state index contributed by atoms with van der Waals surface area (Å²) in [6.07, 6.45) is 1.61. The summed E-state index contributed by atoms with van der Waals surface area (Å²) < 4.78 is 5.20. The van der Waals surface area contributed by atoms with Gasteiger partial charge >= 0.3 is 5.97 Å². The van der Waals surface area contributed by atoms with Gasteiger partial charge in [0.2, 0.25) is 5.91 Å². The Kier molecular flexibility index (Phi) is 9.20. The van der Waals surface area contributed by atoms with Gasteiger partial charge < -0.3 is 19.4 Å². The summed E-state index contributed by atoms with van der Waals surface area (Å²) >= 11 is 8.14. The number of halogens is 1. The number of esters is 1. The predicted molar refractivity (Wildman–Crippen MR) is 150 cm³/mol. The Morgan fingerprint density at radius 3 is 2.61 bits per heavy atom. The van der Waals surface area contributed by atoms with E-state index in [2.05, 4.69) is 0 Å². The minimum Gasteiger partial charge on any atom is -0.466 e. The van der Waals surface area contributed by atoms with Gasteiger partial charge in [-0.2, -0.15) is 0 Å².